The monoisotopic (exact) mass is 257 g/mol. The number of ether oxygens (including phenoxy) is 1. The van der Waals surface area contributed by atoms with Crippen LogP contribution in [0.25, 0.3) is 0 Å². The Kier molecular flexibility index (Phi) is 4.13. The fraction of sp³-hybridized carbons (Fsp3) is 0.200. The molecule has 2 aromatic rings. The Hall–Kier alpha value is -2.36. The van der Waals surface area contributed by atoms with Gasteiger partial charge in [0.1, 0.15) is 0 Å². The second-order valence-corrected chi connectivity index (χ2v) is 4.18. The third-order valence-electron chi connectivity index (χ3n) is 2.89. The quantitative estimate of drug-likeness (QED) is 0.786. The van der Waals surface area contributed by atoms with Crippen LogP contribution in [0, 0.1) is 0 Å². The van der Waals surface area contributed by atoms with Crippen LogP contribution in [0.15, 0.2) is 53.5 Å². The highest BCUT2D eigenvalue weighted by molar-refractivity contribution is 5.88. The van der Waals surface area contributed by atoms with Gasteiger partial charge < -0.3 is 9.30 Å². The molecule has 0 radical (unpaired) electrons. The number of carbonyl (C=O) groups is 1. The van der Waals surface area contributed by atoms with E-state index in [0.29, 0.717) is 12.1 Å². The van der Waals surface area contributed by atoms with Gasteiger partial charge in [0.2, 0.25) is 0 Å². The van der Waals surface area contributed by atoms with Gasteiger partial charge in [-0.1, -0.05) is 30.3 Å². The minimum absolute atomic E-state index is 0.122. The van der Waals surface area contributed by atoms with Crippen molar-refractivity contribution >= 4 is 5.97 Å². The zero-order valence-electron chi connectivity index (χ0n) is 10.7. The standard InChI is InChI=1S/C15H15NO3/c1-19-15(18)13-7-8-14(17)16(11-13)10-9-12-5-3-2-4-6-12/h2-8,11H,9-10H2,1H3. The highest BCUT2D eigenvalue weighted by atomic mass is 16.5. The molecule has 98 valence electrons. The van der Waals surface area contributed by atoms with Crippen molar-refractivity contribution in [3.63, 3.8) is 0 Å². The normalized spacial score (nSPS) is 10.2. The molecule has 0 atom stereocenters. The van der Waals surface area contributed by atoms with E-state index in [1.54, 1.807) is 0 Å². The predicted octanol–water partition coefficient (Wildman–Crippen LogP) is 1.88. The molecule has 0 amide bonds. The molecule has 0 saturated heterocycles. The lowest BCUT2D eigenvalue weighted by Gasteiger charge is -2.07. The first-order valence-corrected chi connectivity index (χ1v) is 6.03. The summed E-state index contributed by atoms with van der Waals surface area (Å²) in [4.78, 5) is 23.1. The molecule has 0 fully saturated rings. The highest BCUT2D eigenvalue weighted by Gasteiger charge is 2.07. The van der Waals surface area contributed by atoms with E-state index < -0.39 is 5.97 Å². The number of aromatic nitrogens is 1. The number of hydrogen-bond acceptors (Lipinski definition) is 3. The number of aryl methyl sites for hydroxylation is 2. The van der Waals surface area contributed by atoms with E-state index in [1.165, 1.54) is 30.0 Å². The van der Waals surface area contributed by atoms with Crippen LogP contribution in [0.3, 0.4) is 0 Å². The summed E-state index contributed by atoms with van der Waals surface area (Å²) in [5.41, 5.74) is 1.41. The summed E-state index contributed by atoms with van der Waals surface area (Å²) in [6.45, 7) is 0.535. The number of esters is 1. The number of benzene rings is 1. The van der Waals surface area contributed by atoms with E-state index in [-0.39, 0.29) is 5.56 Å². The summed E-state index contributed by atoms with van der Waals surface area (Å²) >= 11 is 0. The number of carbonyl (C=O) groups excluding carboxylic acids is 1. The highest BCUT2D eigenvalue weighted by Crippen LogP contribution is 2.03. The molecule has 0 bridgehead atoms. The molecule has 0 unspecified atom stereocenters. The van der Waals surface area contributed by atoms with Gasteiger partial charge in [-0.25, -0.2) is 4.79 Å². The van der Waals surface area contributed by atoms with Crippen LogP contribution in [0.2, 0.25) is 0 Å². The van der Waals surface area contributed by atoms with E-state index in [4.69, 9.17) is 0 Å². The number of methoxy groups -OCH3 is 1. The first-order chi connectivity index (χ1) is 9.20. The Labute approximate surface area is 111 Å². The van der Waals surface area contributed by atoms with Crippen LogP contribution in [0.4, 0.5) is 0 Å². The van der Waals surface area contributed by atoms with Gasteiger partial charge in [0.25, 0.3) is 5.56 Å². The van der Waals surface area contributed by atoms with Crippen molar-refractivity contribution in [1.29, 1.82) is 0 Å². The van der Waals surface area contributed by atoms with Crippen molar-refractivity contribution in [1.82, 2.24) is 4.57 Å². The van der Waals surface area contributed by atoms with Crippen LogP contribution < -0.4 is 5.56 Å². The molecule has 19 heavy (non-hydrogen) atoms. The fourth-order valence-corrected chi connectivity index (χ4v) is 1.84. The molecule has 0 aliphatic carbocycles. The van der Waals surface area contributed by atoms with E-state index in [9.17, 15) is 9.59 Å². The Bertz CT molecular complexity index is 617. The minimum atomic E-state index is -0.437. The first kappa shape index (κ1) is 13.1. The lowest BCUT2D eigenvalue weighted by molar-refractivity contribution is 0.0599. The largest absolute Gasteiger partial charge is 0.465 e. The third-order valence-corrected chi connectivity index (χ3v) is 2.89. The molecule has 1 aromatic carbocycles. The number of pyridine rings is 1. The van der Waals surface area contributed by atoms with Crippen LogP contribution in [0.1, 0.15) is 15.9 Å². The average Bonchev–Trinajstić information content (AvgIpc) is 2.46. The van der Waals surface area contributed by atoms with Gasteiger partial charge >= 0.3 is 5.97 Å². The lowest BCUT2D eigenvalue weighted by atomic mass is 10.1. The molecule has 0 N–H and O–H groups in total. The van der Waals surface area contributed by atoms with Crippen molar-refractivity contribution in [3.8, 4) is 0 Å². The number of rotatable bonds is 4. The van der Waals surface area contributed by atoms with Gasteiger partial charge in [0.05, 0.1) is 12.7 Å². The van der Waals surface area contributed by atoms with Crippen molar-refractivity contribution in [2.75, 3.05) is 7.11 Å². The zero-order valence-corrected chi connectivity index (χ0v) is 10.7. The van der Waals surface area contributed by atoms with E-state index in [0.717, 1.165) is 12.0 Å². The maximum absolute atomic E-state index is 11.7. The second kappa shape index (κ2) is 6.00. The summed E-state index contributed by atoms with van der Waals surface area (Å²) in [6.07, 6.45) is 2.28. The predicted molar refractivity (Wildman–Crippen MR) is 72.2 cm³/mol. The Morgan fingerprint density at radius 2 is 1.89 bits per heavy atom. The number of hydrogen-bond donors (Lipinski definition) is 0. The second-order valence-electron chi connectivity index (χ2n) is 4.18. The van der Waals surface area contributed by atoms with Gasteiger partial charge in [0, 0.05) is 18.8 Å². The molecule has 1 aromatic heterocycles. The van der Waals surface area contributed by atoms with Crippen molar-refractivity contribution in [2.45, 2.75) is 13.0 Å². The van der Waals surface area contributed by atoms with Gasteiger partial charge in [-0.3, -0.25) is 4.79 Å². The summed E-state index contributed by atoms with van der Waals surface area (Å²) in [7, 11) is 1.32. The summed E-state index contributed by atoms with van der Waals surface area (Å²) in [5, 5.41) is 0. The topological polar surface area (TPSA) is 48.3 Å². The van der Waals surface area contributed by atoms with Crippen molar-refractivity contribution in [2.24, 2.45) is 0 Å². The van der Waals surface area contributed by atoms with E-state index >= 15 is 0 Å². The third kappa shape index (κ3) is 3.31. The van der Waals surface area contributed by atoms with Crippen LogP contribution >= 0.6 is 0 Å². The smallest absolute Gasteiger partial charge is 0.339 e. The van der Waals surface area contributed by atoms with Gasteiger partial charge in [-0.05, 0) is 18.1 Å². The molecule has 0 saturated carbocycles. The maximum Gasteiger partial charge on any atom is 0.339 e. The van der Waals surface area contributed by atoms with Gasteiger partial charge in [0.15, 0.2) is 0 Å². The molecule has 0 spiro atoms. The Morgan fingerprint density at radius 1 is 1.16 bits per heavy atom. The van der Waals surface area contributed by atoms with Crippen molar-refractivity contribution < 1.29 is 9.53 Å². The lowest BCUT2D eigenvalue weighted by Crippen LogP contribution is -2.21. The molecule has 0 aliphatic heterocycles. The van der Waals surface area contributed by atoms with Crippen molar-refractivity contribution in [3.05, 3.63) is 70.1 Å². The zero-order chi connectivity index (χ0) is 13.7. The molecular weight excluding hydrogens is 242 g/mol. The molecule has 1 heterocycles. The molecule has 2 rings (SSSR count). The average molecular weight is 257 g/mol. The van der Waals surface area contributed by atoms with Crippen LogP contribution in [0.5, 0.6) is 0 Å². The fourth-order valence-electron chi connectivity index (χ4n) is 1.84. The molecule has 0 aliphatic rings. The van der Waals surface area contributed by atoms with Crippen LogP contribution in [-0.4, -0.2) is 17.6 Å². The van der Waals surface area contributed by atoms with Gasteiger partial charge in [-0.2, -0.15) is 0 Å². The molecule has 4 nitrogen and oxygen atoms in total. The first-order valence-electron chi connectivity index (χ1n) is 6.03. The SMILES string of the molecule is COC(=O)c1ccc(=O)n(CCc2ccccc2)c1. The summed E-state index contributed by atoms with van der Waals surface area (Å²) in [6, 6.07) is 12.8. The minimum Gasteiger partial charge on any atom is -0.465 e. The molecule has 4 heteroatoms. The molecular formula is C15H15NO3. The van der Waals surface area contributed by atoms with E-state index in [2.05, 4.69) is 4.74 Å². The summed E-state index contributed by atoms with van der Waals surface area (Å²) < 4.78 is 6.17. The summed E-state index contributed by atoms with van der Waals surface area (Å²) in [5.74, 6) is -0.437. The maximum atomic E-state index is 11.7. The number of nitrogens with zero attached hydrogens (tertiary/aromatic N) is 1. The van der Waals surface area contributed by atoms with E-state index in [1.807, 2.05) is 30.3 Å². The Balaban J connectivity index is 2.16. The van der Waals surface area contributed by atoms with Gasteiger partial charge in [-0.15, -0.1) is 0 Å². The Morgan fingerprint density at radius 3 is 2.58 bits per heavy atom. The van der Waals surface area contributed by atoms with Crippen LogP contribution in [-0.2, 0) is 17.7 Å².